The summed E-state index contributed by atoms with van der Waals surface area (Å²) in [4.78, 5) is 10.0. The molecule has 1 N–H and O–H groups in total. The lowest BCUT2D eigenvalue weighted by Crippen LogP contribution is -2.37. The summed E-state index contributed by atoms with van der Waals surface area (Å²) in [5, 5.41) is 0. The van der Waals surface area contributed by atoms with Crippen molar-refractivity contribution in [1.29, 1.82) is 0 Å². The normalized spacial score (nSPS) is 15.1. The molecule has 0 aromatic carbocycles. The fourth-order valence-electron chi connectivity index (χ4n) is 4.32. The maximum atomic E-state index is 12.2. The highest BCUT2D eigenvalue weighted by molar-refractivity contribution is 7.47. The van der Waals surface area contributed by atoms with E-state index in [2.05, 4.69) is 31.2 Å². The van der Waals surface area contributed by atoms with Crippen molar-refractivity contribution < 1.29 is 32.5 Å². The average Bonchev–Trinajstić information content (AvgIpc) is 2.88. The second-order valence-corrected chi connectivity index (χ2v) is 15.0. The van der Waals surface area contributed by atoms with E-state index in [1.165, 1.54) is 83.5 Å². The number of likely N-dealkylation sites (N-methyl/N-ethyl adjacent to an activating group) is 1. The Labute approximate surface area is 260 Å². The molecule has 0 radical (unpaired) electrons. The minimum Gasteiger partial charge on any atom is -0.379 e. The van der Waals surface area contributed by atoms with Gasteiger partial charge in [-0.25, -0.2) is 4.57 Å². The Morgan fingerprint density at radius 1 is 0.690 bits per heavy atom. The summed E-state index contributed by atoms with van der Waals surface area (Å²) in [6, 6.07) is 0. The van der Waals surface area contributed by atoms with E-state index in [0.717, 1.165) is 19.3 Å². The van der Waals surface area contributed by atoms with Crippen LogP contribution in [0.1, 0.15) is 130 Å². The molecule has 0 aliphatic carbocycles. The summed E-state index contributed by atoms with van der Waals surface area (Å²) < 4.78 is 35.0. The molecule has 0 fully saturated rings. The summed E-state index contributed by atoms with van der Waals surface area (Å²) in [6.07, 6.45) is 29.2. The molecule has 0 heterocycles. The highest BCUT2D eigenvalue weighted by Gasteiger charge is 2.27. The zero-order chi connectivity index (χ0) is 31.6. The highest BCUT2D eigenvalue weighted by Crippen LogP contribution is 2.43. The van der Waals surface area contributed by atoms with E-state index in [1.54, 1.807) is 0 Å². The molecule has 0 amide bonds. The number of allylic oxidation sites excluding steroid dienone is 4. The number of phosphoric acid groups is 1. The zero-order valence-electron chi connectivity index (χ0n) is 28.6. The van der Waals surface area contributed by atoms with Crippen LogP contribution < -0.4 is 0 Å². The van der Waals surface area contributed by atoms with Gasteiger partial charge in [-0.3, -0.25) is 9.05 Å². The van der Waals surface area contributed by atoms with Gasteiger partial charge in [0.2, 0.25) is 0 Å². The number of unbranched alkanes of at least 4 members (excludes halogenated alkanes) is 13. The summed E-state index contributed by atoms with van der Waals surface area (Å²) >= 11 is 0. The van der Waals surface area contributed by atoms with Gasteiger partial charge in [0.15, 0.2) is 0 Å². The molecule has 0 aliphatic heterocycles. The Morgan fingerprint density at radius 2 is 1.17 bits per heavy atom. The lowest BCUT2D eigenvalue weighted by Gasteiger charge is -2.28. The van der Waals surface area contributed by atoms with Crippen molar-refractivity contribution >= 4 is 7.82 Å². The number of hydrogen-bond donors (Lipinski definition) is 1. The van der Waals surface area contributed by atoms with Gasteiger partial charge >= 0.3 is 7.82 Å². The molecule has 0 aromatic heterocycles. The first-order chi connectivity index (χ1) is 19.8. The van der Waals surface area contributed by atoms with Gasteiger partial charge in [-0.2, -0.15) is 0 Å². The number of ether oxygens (including phenoxy) is 2. The standard InChI is InChI=1S/C34H68NO6P/c1-8-9-10-11-12-13-14-15-16-17-18-19-20-21-22-23-24-25-26-27-29-38-31-33(41-34(2,3)4)32-40-42(36,37)39-30-28-35(5,6)7/h11-12,23-24,33H,8-10,13-22,25-32H2,1-7H3/p+1/t33-/m1/s1. The topological polar surface area (TPSA) is 74.2 Å². The van der Waals surface area contributed by atoms with Gasteiger partial charge in [-0.05, 0) is 72.1 Å². The fraction of sp³-hybridized carbons (Fsp3) is 0.882. The van der Waals surface area contributed by atoms with Crippen molar-refractivity contribution in [3.05, 3.63) is 24.3 Å². The first kappa shape index (κ1) is 41.5. The molecule has 0 bridgehead atoms. The molecule has 0 aromatic rings. The molecule has 0 rings (SSSR count). The van der Waals surface area contributed by atoms with Gasteiger partial charge in [0.05, 0.1) is 40.0 Å². The molecule has 0 aliphatic rings. The Hall–Kier alpha value is -0.530. The van der Waals surface area contributed by atoms with Crippen LogP contribution in [-0.4, -0.2) is 75.2 Å². The van der Waals surface area contributed by atoms with Gasteiger partial charge in [0.25, 0.3) is 0 Å². The molecule has 250 valence electrons. The summed E-state index contributed by atoms with van der Waals surface area (Å²) in [6.45, 7) is 9.71. The van der Waals surface area contributed by atoms with Gasteiger partial charge in [0, 0.05) is 6.61 Å². The quantitative estimate of drug-likeness (QED) is 0.0390. The van der Waals surface area contributed by atoms with Crippen LogP contribution in [0.25, 0.3) is 0 Å². The fourth-order valence-corrected chi connectivity index (χ4v) is 5.06. The molecule has 0 saturated carbocycles. The van der Waals surface area contributed by atoms with Gasteiger partial charge in [-0.1, -0.05) is 82.6 Å². The third-order valence-corrected chi connectivity index (χ3v) is 7.71. The third-order valence-electron chi connectivity index (χ3n) is 6.72. The Morgan fingerprint density at radius 3 is 1.64 bits per heavy atom. The number of phosphoric ester groups is 1. The van der Waals surface area contributed by atoms with E-state index >= 15 is 0 Å². The molecule has 2 atom stereocenters. The van der Waals surface area contributed by atoms with Crippen LogP contribution in [0.15, 0.2) is 24.3 Å². The first-order valence-electron chi connectivity index (χ1n) is 16.8. The minimum atomic E-state index is -4.14. The average molecular weight is 619 g/mol. The van der Waals surface area contributed by atoms with E-state index in [-0.39, 0.29) is 13.2 Å². The molecular weight excluding hydrogens is 549 g/mol. The largest absolute Gasteiger partial charge is 0.472 e. The van der Waals surface area contributed by atoms with Crippen molar-refractivity contribution in [2.24, 2.45) is 0 Å². The van der Waals surface area contributed by atoms with Crippen LogP contribution in [-0.2, 0) is 23.1 Å². The highest BCUT2D eigenvalue weighted by atomic mass is 31.2. The minimum absolute atomic E-state index is 0.0603. The van der Waals surface area contributed by atoms with Crippen LogP contribution in [0.4, 0.5) is 0 Å². The molecule has 42 heavy (non-hydrogen) atoms. The zero-order valence-corrected chi connectivity index (χ0v) is 29.5. The summed E-state index contributed by atoms with van der Waals surface area (Å²) in [7, 11) is 1.85. The lowest BCUT2D eigenvalue weighted by atomic mass is 10.1. The van der Waals surface area contributed by atoms with Crippen LogP contribution in [0.5, 0.6) is 0 Å². The van der Waals surface area contributed by atoms with Gasteiger partial charge < -0.3 is 18.9 Å². The second kappa shape index (κ2) is 25.8. The number of nitrogens with zero attached hydrogens (tertiary/aromatic N) is 1. The first-order valence-corrected chi connectivity index (χ1v) is 18.3. The lowest BCUT2D eigenvalue weighted by molar-refractivity contribution is -0.870. The van der Waals surface area contributed by atoms with E-state index in [9.17, 15) is 9.46 Å². The smallest absolute Gasteiger partial charge is 0.379 e. The van der Waals surface area contributed by atoms with Crippen LogP contribution in [0.2, 0.25) is 0 Å². The molecular formula is C34H69NO6P+. The van der Waals surface area contributed by atoms with Crippen LogP contribution >= 0.6 is 7.82 Å². The Balaban J connectivity index is 3.81. The number of rotatable bonds is 29. The van der Waals surface area contributed by atoms with Crippen LogP contribution in [0.3, 0.4) is 0 Å². The van der Waals surface area contributed by atoms with Crippen molar-refractivity contribution in [3.63, 3.8) is 0 Å². The molecule has 0 saturated heterocycles. The molecule has 0 spiro atoms. The monoisotopic (exact) mass is 618 g/mol. The SMILES string of the molecule is CCCCC=CCCCCCCCCCCC=CCCCCOC[C@H](COP(=O)(O)OCC[N+](C)(C)C)OC(C)(C)C. The van der Waals surface area contributed by atoms with Crippen molar-refractivity contribution in [2.75, 3.05) is 54.1 Å². The maximum absolute atomic E-state index is 12.2. The molecule has 1 unspecified atom stereocenters. The van der Waals surface area contributed by atoms with Crippen molar-refractivity contribution in [2.45, 2.75) is 142 Å². The van der Waals surface area contributed by atoms with E-state index in [1.807, 2.05) is 41.9 Å². The van der Waals surface area contributed by atoms with Gasteiger partial charge in [-0.15, -0.1) is 0 Å². The van der Waals surface area contributed by atoms with Gasteiger partial charge in [0.1, 0.15) is 19.3 Å². The van der Waals surface area contributed by atoms with E-state index in [4.69, 9.17) is 18.5 Å². The van der Waals surface area contributed by atoms with E-state index in [0.29, 0.717) is 24.2 Å². The number of hydrogen-bond acceptors (Lipinski definition) is 5. The molecule has 7 nitrogen and oxygen atoms in total. The summed E-state index contributed by atoms with van der Waals surface area (Å²) in [5.41, 5.74) is -0.419. The number of quaternary nitrogens is 1. The van der Waals surface area contributed by atoms with E-state index < -0.39 is 19.5 Å². The predicted octanol–water partition coefficient (Wildman–Crippen LogP) is 9.40. The Bertz CT molecular complexity index is 714. The van der Waals surface area contributed by atoms with Crippen LogP contribution in [0, 0.1) is 0 Å². The van der Waals surface area contributed by atoms with Crippen molar-refractivity contribution in [3.8, 4) is 0 Å². The maximum Gasteiger partial charge on any atom is 0.472 e. The summed E-state index contributed by atoms with van der Waals surface area (Å²) in [5.74, 6) is 0. The third kappa shape index (κ3) is 32.4. The predicted molar refractivity (Wildman–Crippen MR) is 178 cm³/mol. The second-order valence-electron chi connectivity index (χ2n) is 13.5. The molecule has 8 heteroatoms. The van der Waals surface area contributed by atoms with Crippen molar-refractivity contribution in [1.82, 2.24) is 0 Å². The Kier molecular flexibility index (Phi) is 25.4.